The quantitative estimate of drug-likeness (QED) is 0.291. The summed E-state index contributed by atoms with van der Waals surface area (Å²) in [5.74, 6) is 1.58. The van der Waals surface area contributed by atoms with Gasteiger partial charge in [-0.3, -0.25) is 9.24 Å². The van der Waals surface area contributed by atoms with Crippen molar-refractivity contribution in [2.45, 2.75) is 52.4 Å². The number of guanidine groups is 1. The lowest BCUT2D eigenvalue weighted by Crippen LogP contribution is -2.41. The fraction of sp³-hybridized carbons (Fsp3) is 0.650. The average Bonchev–Trinajstić information content (AvgIpc) is 2.98. The molecule has 0 N–H and O–H groups in total. The average molecular weight is 412 g/mol. The maximum atomic E-state index is 13.8. The van der Waals surface area contributed by atoms with E-state index in [-0.39, 0.29) is 0 Å². The molecule has 1 aliphatic heterocycles. The minimum absolute atomic E-state index is 0.497. The lowest BCUT2D eigenvalue weighted by atomic mass is 10.2. The molecular formula is C20H34N3O2PS. The van der Waals surface area contributed by atoms with Crippen molar-refractivity contribution in [3.05, 3.63) is 30.3 Å². The van der Waals surface area contributed by atoms with Crippen molar-refractivity contribution < 1.29 is 9.09 Å². The van der Waals surface area contributed by atoms with Crippen LogP contribution < -0.4 is 0 Å². The van der Waals surface area contributed by atoms with Crippen LogP contribution in [0.4, 0.5) is 5.69 Å². The summed E-state index contributed by atoms with van der Waals surface area (Å²) in [5, 5.41) is 0. The normalized spacial score (nSPS) is 18.0. The molecule has 1 aromatic carbocycles. The van der Waals surface area contributed by atoms with E-state index in [0.717, 1.165) is 56.2 Å². The lowest BCUT2D eigenvalue weighted by Gasteiger charge is -2.35. The highest BCUT2D eigenvalue weighted by molar-refractivity contribution is 8.56. The van der Waals surface area contributed by atoms with Gasteiger partial charge in [-0.1, -0.05) is 44.9 Å². The van der Waals surface area contributed by atoms with E-state index in [1.165, 1.54) is 24.2 Å². The zero-order chi connectivity index (χ0) is 19.5. The molecule has 0 aliphatic carbocycles. The van der Waals surface area contributed by atoms with Crippen LogP contribution in [0.1, 0.15) is 52.4 Å². The van der Waals surface area contributed by atoms with Gasteiger partial charge in [-0.15, -0.1) is 0 Å². The van der Waals surface area contributed by atoms with E-state index < -0.39 is 6.72 Å². The summed E-state index contributed by atoms with van der Waals surface area (Å²) in [7, 11) is 1.88. The second-order valence-corrected chi connectivity index (χ2v) is 11.4. The molecule has 0 saturated carbocycles. The predicted molar refractivity (Wildman–Crippen MR) is 118 cm³/mol. The standard InChI is InChI=1S/C20H34N3O2PS/c1-4-17-25-26(24,27-18-5-2)22(3)20(21-19-13-9-8-10-14-19)23-15-11-6-7-12-16-23/h8-10,13-14H,4-7,11-12,15-18H2,1-3H3. The van der Waals surface area contributed by atoms with Gasteiger partial charge >= 0.3 is 6.72 Å². The van der Waals surface area contributed by atoms with Crippen molar-refractivity contribution in [1.82, 2.24) is 9.57 Å². The summed E-state index contributed by atoms with van der Waals surface area (Å²) in [6, 6.07) is 9.93. The van der Waals surface area contributed by atoms with Crippen LogP contribution in [-0.4, -0.2) is 48.0 Å². The molecule has 1 heterocycles. The third-order valence-electron chi connectivity index (χ3n) is 4.45. The Morgan fingerprint density at radius 1 is 1.15 bits per heavy atom. The maximum absolute atomic E-state index is 13.8. The summed E-state index contributed by atoms with van der Waals surface area (Å²) in [6.45, 7) is 3.50. The smallest absolute Gasteiger partial charge is 0.342 e. The highest BCUT2D eigenvalue weighted by Gasteiger charge is 2.34. The van der Waals surface area contributed by atoms with Crippen molar-refractivity contribution in [3.8, 4) is 0 Å². The van der Waals surface area contributed by atoms with Gasteiger partial charge in [0.15, 0.2) is 0 Å². The maximum Gasteiger partial charge on any atom is 0.355 e. The minimum atomic E-state index is -3.04. The molecule has 1 saturated heterocycles. The molecule has 1 aromatic rings. The molecule has 27 heavy (non-hydrogen) atoms. The summed E-state index contributed by atoms with van der Waals surface area (Å²) in [5.41, 5.74) is 0.881. The van der Waals surface area contributed by atoms with Crippen LogP contribution in [0.3, 0.4) is 0 Å². The Balaban J connectivity index is 2.36. The number of rotatable bonds is 8. The van der Waals surface area contributed by atoms with Gasteiger partial charge in [0.05, 0.1) is 12.3 Å². The Bertz CT molecular complexity index is 607. The topological polar surface area (TPSA) is 45.1 Å². The molecule has 1 aliphatic rings. The highest BCUT2D eigenvalue weighted by Crippen LogP contribution is 2.62. The fourth-order valence-electron chi connectivity index (χ4n) is 2.97. The van der Waals surface area contributed by atoms with Crippen molar-refractivity contribution in [1.29, 1.82) is 0 Å². The molecular weight excluding hydrogens is 377 g/mol. The van der Waals surface area contributed by atoms with Crippen molar-refractivity contribution in [2.75, 3.05) is 32.5 Å². The minimum Gasteiger partial charge on any atom is -0.342 e. The third kappa shape index (κ3) is 6.85. The Morgan fingerprint density at radius 2 is 1.81 bits per heavy atom. The summed E-state index contributed by atoms with van der Waals surface area (Å²) >= 11 is 1.43. The fourth-order valence-corrected chi connectivity index (χ4v) is 7.03. The second-order valence-electron chi connectivity index (χ2n) is 6.81. The summed E-state index contributed by atoms with van der Waals surface area (Å²) in [4.78, 5) is 7.20. The number of hydrogen-bond acceptors (Lipinski definition) is 4. The third-order valence-corrected chi connectivity index (χ3v) is 9.37. The summed E-state index contributed by atoms with van der Waals surface area (Å²) in [6.07, 6.45) is 6.58. The molecule has 0 bridgehead atoms. The van der Waals surface area contributed by atoms with Crippen LogP contribution in [-0.2, 0) is 9.09 Å². The van der Waals surface area contributed by atoms with Gasteiger partial charge < -0.3 is 9.42 Å². The number of nitrogens with zero attached hydrogens (tertiary/aromatic N) is 3. The van der Waals surface area contributed by atoms with E-state index in [2.05, 4.69) is 11.8 Å². The van der Waals surface area contributed by atoms with Gasteiger partial charge in [0, 0.05) is 25.9 Å². The first-order valence-electron chi connectivity index (χ1n) is 10.1. The molecule has 1 atom stereocenters. The predicted octanol–water partition coefficient (Wildman–Crippen LogP) is 6.16. The molecule has 7 heteroatoms. The van der Waals surface area contributed by atoms with Gasteiger partial charge in [0.25, 0.3) is 0 Å². The van der Waals surface area contributed by atoms with Crippen molar-refractivity contribution >= 4 is 29.8 Å². The highest BCUT2D eigenvalue weighted by atomic mass is 32.7. The number of aliphatic imine (C=N–C) groups is 1. The van der Waals surface area contributed by atoms with Gasteiger partial charge in [0.2, 0.25) is 5.96 Å². The van der Waals surface area contributed by atoms with Gasteiger partial charge in [0.1, 0.15) is 0 Å². The largest absolute Gasteiger partial charge is 0.355 e. The monoisotopic (exact) mass is 411 g/mol. The van der Waals surface area contributed by atoms with Crippen LogP contribution in [0.2, 0.25) is 0 Å². The molecule has 1 unspecified atom stereocenters. The van der Waals surface area contributed by atoms with Crippen LogP contribution in [0.15, 0.2) is 35.3 Å². The first-order valence-corrected chi connectivity index (χ1v) is 13.3. The summed E-state index contributed by atoms with van der Waals surface area (Å²) < 4.78 is 21.5. The number of likely N-dealkylation sites (tertiary alicyclic amines) is 1. The van der Waals surface area contributed by atoms with Gasteiger partial charge in [-0.25, -0.2) is 4.99 Å². The molecule has 1 fully saturated rings. The zero-order valence-corrected chi connectivity index (χ0v) is 18.7. The first-order chi connectivity index (χ1) is 13.1. The Morgan fingerprint density at radius 3 is 2.41 bits per heavy atom. The van der Waals surface area contributed by atoms with Crippen LogP contribution in [0, 0.1) is 0 Å². The second kappa shape index (κ2) is 11.8. The molecule has 2 rings (SSSR count). The van der Waals surface area contributed by atoms with E-state index in [1.54, 1.807) is 0 Å². The molecule has 152 valence electrons. The first kappa shape index (κ1) is 22.3. The van der Waals surface area contributed by atoms with Gasteiger partial charge in [-0.05, 0) is 49.2 Å². The van der Waals surface area contributed by atoms with E-state index in [1.807, 2.05) is 49.0 Å². The molecule has 0 radical (unpaired) electrons. The van der Waals surface area contributed by atoms with E-state index in [9.17, 15) is 4.57 Å². The molecule has 0 amide bonds. The van der Waals surface area contributed by atoms with E-state index >= 15 is 0 Å². The van der Waals surface area contributed by atoms with E-state index in [0.29, 0.717) is 6.61 Å². The van der Waals surface area contributed by atoms with Crippen molar-refractivity contribution in [3.63, 3.8) is 0 Å². The van der Waals surface area contributed by atoms with Crippen LogP contribution >= 0.6 is 18.1 Å². The zero-order valence-electron chi connectivity index (χ0n) is 17.0. The molecule has 5 nitrogen and oxygen atoms in total. The Labute approximate surface area is 168 Å². The lowest BCUT2D eigenvalue weighted by molar-refractivity contribution is 0.296. The van der Waals surface area contributed by atoms with Crippen LogP contribution in [0.5, 0.6) is 0 Å². The van der Waals surface area contributed by atoms with Crippen molar-refractivity contribution in [2.24, 2.45) is 4.99 Å². The molecule has 0 aromatic heterocycles. The van der Waals surface area contributed by atoms with E-state index in [4.69, 9.17) is 9.52 Å². The number of para-hydroxylation sites is 1. The van der Waals surface area contributed by atoms with Gasteiger partial charge in [-0.2, -0.15) is 0 Å². The Kier molecular flexibility index (Phi) is 9.74. The number of benzene rings is 1. The SMILES string of the molecule is CCCOP(=O)(SCCC)N(C)C(=Nc1ccccc1)N1CCCCCC1. The number of hydrogen-bond donors (Lipinski definition) is 0. The van der Waals surface area contributed by atoms with Crippen LogP contribution in [0.25, 0.3) is 0 Å². The Hall–Kier alpha value is -0.970. The molecule has 0 spiro atoms.